The number of carbonyl (C=O) groups is 2. The molecule has 7 nitrogen and oxygen atoms in total. The van der Waals surface area contributed by atoms with Gasteiger partial charge in [-0.05, 0) is 46.7 Å². The zero-order valence-electron chi connectivity index (χ0n) is 17.2. The van der Waals surface area contributed by atoms with E-state index in [1.165, 1.54) is 13.2 Å². The van der Waals surface area contributed by atoms with E-state index in [0.29, 0.717) is 24.7 Å². The third-order valence-corrected chi connectivity index (χ3v) is 4.38. The molecule has 160 valence electrons. The Bertz CT molecular complexity index is 1090. The minimum Gasteiger partial charge on any atom is -0.493 e. The first-order chi connectivity index (χ1) is 15.0. The van der Waals surface area contributed by atoms with Crippen LogP contribution in [-0.4, -0.2) is 38.7 Å². The van der Waals surface area contributed by atoms with E-state index >= 15 is 0 Å². The lowest BCUT2D eigenvalue weighted by atomic mass is 10.1. The van der Waals surface area contributed by atoms with Crippen molar-refractivity contribution in [1.29, 1.82) is 0 Å². The number of hydrogen-bond acceptors (Lipinski definition) is 5. The molecule has 0 aromatic heterocycles. The Balaban J connectivity index is 1.46. The Morgan fingerprint density at radius 3 is 2.55 bits per heavy atom. The maximum atomic E-state index is 12.0. The summed E-state index contributed by atoms with van der Waals surface area (Å²) in [6, 6.07) is 19.0. The first kappa shape index (κ1) is 21.7. The van der Waals surface area contributed by atoms with Gasteiger partial charge in [0.1, 0.15) is 12.4 Å². The molecule has 3 aromatic rings. The summed E-state index contributed by atoms with van der Waals surface area (Å²) in [5.41, 5.74) is 5.82. The Hall–Kier alpha value is -4.00. The lowest BCUT2D eigenvalue weighted by Gasteiger charge is -2.10. The molecule has 0 aliphatic heterocycles. The number of rotatable bonds is 10. The van der Waals surface area contributed by atoms with E-state index in [1.807, 2.05) is 42.5 Å². The number of amides is 2. The zero-order valence-corrected chi connectivity index (χ0v) is 17.2. The van der Waals surface area contributed by atoms with Gasteiger partial charge in [0.25, 0.3) is 5.91 Å². The quantitative estimate of drug-likeness (QED) is 0.388. The number of benzene rings is 3. The molecular formula is C24H24N2O5. The number of primary amides is 1. The molecular weight excluding hydrogens is 396 g/mol. The summed E-state index contributed by atoms with van der Waals surface area (Å²) in [5.74, 6) is 0.776. The van der Waals surface area contributed by atoms with Crippen LogP contribution >= 0.6 is 0 Å². The maximum absolute atomic E-state index is 12.0. The van der Waals surface area contributed by atoms with E-state index < -0.39 is 5.91 Å². The highest BCUT2D eigenvalue weighted by Crippen LogP contribution is 2.28. The maximum Gasteiger partial charge on any atom is 0.255 e. The van der Waals surface area contributed by atoms with Crippen molar-refractivity contribution in [1.82, 2.24) is 5.32 Å². The number of hydrogen-bond donors (Lipinski definition) is 2. The summed E-state index contributed by atoms with van der Waals surface area (Å²) >= 11 is 0. The fourth-order valence-electron chi connectivity index (χ4n) is 2.89. The van der Waals surface area contributed by atoms with Crippen LogP contribution in [0.1, 0.15) is 5.56 Å². The van der Waals surface area contributed by atoms with Crippen LogP contribution in [-0.2, 0) is 9.59 Å². The average Bonchev–Trinajstić information content (AvgIpc) is 2.79. The molecule has 0 spiro atoms. The summed E-state index contributed by atoms with van der Waals surface area (Å²) in [7, 11) is 1.49. The Labute approximate surface area is 180 Å². The highest BCUT2D eigenvalue weighted by atomic mass is 16.5. The van der Waals surface area contributed by atoms with Gasteiger partial charge >= 0.3 is 0 Å². The predicted octanol–water partition coefficient (Wildman–Crippen LogP) is 2.92. The normalized spacial score (nSPS) is 10.7. The van der Waals surface area contributed by atoms with Crippen molar-refractivity contribution in [3.05, 3.63) is 72.3 Å². The molecule has 0 bridgehead atoms. The molecule has 0 unspecified atom stereocenters. The first-order valence-corrected chi connectivity index (χ1v) is 9.72. The molecule has 3 N–H and O–H groups in total. The first-order valence-electron chi connectivity index (χ1n) is 9.72. The van der Waals surface area contributed by atoms with E-state index in [4.69, 9.17) is 19.9 Å². The number of nitrogens with one attached hydrogen (secondary N) is 1. The molecule has 0 radical (unpaired) electrons. The molecule has 3 aromatic carbocycles. The third-order valence-electron chi connectivity index (χ3n) is 4.38. The third kappa shape index (κ3) is 6.50. The van der Waals surface area contributed by atoms with Crippen molar-refractivity contribution in [3.8, 4) is 17.2 Å². The van der Waals surface area contributed by atoms with Gasteiger partial charge in [0, 0.05) is 6.08 Å². The van der Waals surface area contributed by atoms with Crippen molar-refractivity contribution in [2.75, 3.05) is 26.9 Å². The van der Waals surface area contributed by atoms with Gasteiger partial charge in [0.15, 0.2) is 18.1 Å². The summed E-state index contributed by atoms with van der Waals surface area (Å²) in [5, 5.41) is 5.03. The Kier molecular flexibility index (Phi) is 7.48. The molecule has 0 aliphatic rings. The predicted molar refractivity (Wildman–Crippen MR) is 119 cm³/mol. The summed E-state index contributed by atoms with van der Waals surface area (Å²) in [6.45, 7) is 0.492. The number of methoxy groups -OCH3 is 1. The SMILES string of the molecule is COc1cc(/C=C/C(=O)NCCOc2ccc3ccccc3c2)ccc1OCC(N)=O. The zero-order chi connectivity index (χ0) is 22.1. The van der Waals surface area contributed by atoms with Crippen LogP contribution in [0.5, 0.6) is 17.2 Å². The van der Waals surface area contributed by atoms with Crippen molar-refractivity contribution >= 4 is 28.7 Å². The molecule has 0 heterocycles. The number of ether oxygens (including phenoxy) is 3. The fourth-order valence-corrected chi connectivity index (χ4v) is 2.89. The van der Waals surface area contributed by atoms with Crippen molar-refractivity contribution in [2.45, 2.75) is 0 Å². The molecule has 0 atom stereocenters. The fraction of sp³-hybridized carbons (Fsp3) is 0.167. The van der Waals surface area contributed by atoms with Crippen LogP contribution in [0, 0.1) is 0 Å². The molecule has 31 heavy (non-hydrogen) atoms. The number of nitrogens with two attached hydrogens (primary N) is 1. The van der Waals surface area contributed by atoms with Gasteiger partial charge in [-0.15, -0.1) is 0 Å². The van der Waals surface area contributed by atoms with Crippen LogP contribution in [0.2, 0.25) is 0 Å². The second-order valence-corrected chi connectivity index (χ2v) is 6.65. The van der Waals surface area contributed by atoms with Gasteiger partial charge in [-0.3, -0.25) is 9.59 Å². The lowest BCUT2D eigenvalue weighted by molar-refractivity contribution is -0.120. The molecule has 7 heteroatoms. The van der Waals surface area contributed by atoms with E-state index in [1.54, 1.807) is 24.3 Å². The average molecular weight is 420 g/mol. The van der Waals surface area contributed by atoms with Crippen LogP contribution in [0.25, 0.3) is 16.8 Å². The smallest absolute Gasteiger partial charge is 0.255 e. The van der Waals surface area contributed by atoms with Gasteiger partial charge in [0.2, 0.25) is 5.91 Å². The van der Waals surface area contributed by atoms with E-state index in [9.17, 15) is 9.59 Å². The summed E-state index contributed by atoms with van der Waals surface area (Å²) < 4.78 is 16.2. The highest BCUT2D eigenvalue weighted by Gasteiger charge is 2.06. The molecule has 0 saturated carbocycles. The van der Waals surface area contributed by atoms with Gasteiger partial charge in [-0.2, -0.15) is 0 Å². The van der Waals surface area contributed by atoms with E-state index in [0.717, 1.165) is 22.1 Å². The molecule has 3 rings (SSSR count). The largest absolute Gasteiger partial charge is 0.493 e. The monoisotopic (exact) mass is 420 g/mol. The summed E-state index contributed by atoms with van der Waals surface area (Å²) in [6.07, 6.45) is 3.08. The van der Waals surface area contributed by atoms with Gasteiger partial charge in [-0.1, -0.05) is 36.4 Å². The van der Waals surface area contributed by atoms with E-state index in [-0.39, 0.29) is 12.5 Å². The van der Waals surface area contributed by atoms with Crippen LogP contribution in [0.3, 0.4) is 0 Å². The van der Waals surface area contributed by atoms with Crippen molar-refractivity contribution < 1.29 is 23.8 Å². The molecule has 2 amide bonds. The molecule has 0 aliphatic carbocycles. The number of carbonyl (C=O) groups excluding carboxylic acids is 2. The van der Waals surface area contributed by atoms with Crippen LogP contribution < -0.4 is 25.3 Å². The van der Waals surface area contributed by atoms with Gasteiger partial charge in [0.05, 0.1) is 13.7 Å². The topological polar surface area (TPSA) is 99.9 Å². The van der Waals surface area contributed by atoms with Crippen LogP contribution in [0.15, 0.2) is 66.7 Å². The lowest BCUT2D eigenvalue weighted by Crippen LogP contribution is -2.26. The van der Waals surface area contributed by atoms with Gasteiger partial charge < -0.3 is 25.3 Å². The van der Waals surface area contributed by atoms with E-state index in [2.05, 4.69) is 5.32 Å². The second-order valence-electron chi connectivity index (χ2n) is 6.65. The molecule has 0 fully saturated rings. The Morgan fingerprint density at radius 2 is 1.77 bits per heavy atom. The minimum absolute atomic E-state index is 0.241. The molecule has 0 saturated heterocycles. The van der Waals surface area contributed by atoms with Gasteiger partial charge in [-0.25, -0.2) is 0 Å². The second kappa shape index (κ2) is 10.7. The van der Waals surface area contributed by atoms with Crippen LogP contribution in [0.4, 0.5) is 0 Å². The van der Waals surface area contributed by atoms with Crippen molar-refractivity contribution in [2.24, 2.45) is 5.73 Å². The Morgan fingerprint density at radius 1 is 0.968 bits per heavy atom. The highest BCUT2D eigenvalue weighted by molar-refractivity contribution is 5.91. The van der Waals surface area contributed by atoms with Crippen molar-refractivity contribution in [3.63, 3.8) is 0 Å². The standard InChI is InChI=1S/C24H24N2O5/c1-29-22-14-17(6-10-21(22)31-16-23(25)27)7-11-24(28)26-12-13-30-20-9-8-18-4-2-3-5-19(18)15-20/h2-11,14-15H,12-13,16H2,1H3,(H2,25,27)(H,26,28)/b11-7+. The summed E-state index contributed by atoms with van der Waals surface area (Å²) in [4.78, 5) is 22.9. The number of fused-ring (bicyclic) bond motifs is 1. The minimum atomic E-state index is -0.577.